The molecule has 10 heteroatoms. The molecule has 0 bridgehead atoms. The number of carbonyl (C=O) groups is 1. The van der Waals surface area contributed by atoms with Crippen molar-refractivity contribution < 1.29 is 22.4 Å². The number of anilines is 1. The van der Waals surface area contributed by atoms with Crippen LogP contribution in [0.3, 0.4) is 0 Å². The van der Waals surface area contributed by atoms with E-state index in [-0.39, 0.29) is 29.2 Å². The fraction of sp³-hybridized carbons (Fsp3) is 0.452. The molecule has 3 fully saturated rings. The molecule has 2 aliphatic carbocycles. The summed E-state index contributed by atoms with van der Waals surface area (Å²) >= 11 is 0. The van der Waals surface area contributed by atoms with Crippen molar-refractivity contribution in [2.45, 2.75) is 50.0 Å². The Bertz CT molecular complexity index is 1570. The highest BCUT2D eigenvalue weighted by Gasteiger charge is 2.47. The molecule has 2 saturated carbocycles. The minimum atomic E-state index is -2.97. The Kier molecular flexibility index (Phi) is 7.24. The van der Waals surface area contributed by atoms with Crippen molar-refractivity contribution in [3.05, 3.63) is 54.3 Å². The maximum Gasteiger partial charge on any atom is 0.227 e. The van der Waals surface area contributed by atoms with Crippen molar-refractivity contribution in [2.24, 2.45) is 5.92 Å². The molecule has 1 aliphatic heterocycles. The van der Waals surface area contributed by atoms with Crippen LogP contribution in [0.25, 0.3) is 22.7 Å². The number of aromatic nitrogens is 1. The fourth-order valence-electron chi connectivity index (χ4n) is 5.95. The summed E-state index contributed by atoms with van der Waals surface area (Å²) in [4.78, 5) is 20.5. The second-order valence-corrected chi connectivity index (χ2v) is 13.6. The summed E-state index contributed by atoms with van der Waals surface area (Å²) in [5.41, 5.74) is 2.58. The van der Waals surface area contributed by atoms with E-state index in [9.17, 15) is 18.5 Å². The first-order valence-electron chi connectivity index (χ1n) is 14.2. The Morgan fingerprint density at radius 2 is 1.83 bits per heavy atom. The highest BCUT2D eigenvalue weighted by atomic mass is 32.2. The summed E-state index contributed by atoms with van der Waals surface area (Å²) < 4.78 is 35.7. The SMILES string of the molecule is COc1cccc(-c2nc(-c3ccc(N4CCS(=O)(=O)CC4)cc3)c(C3CCCCC3C(=O)NC3(C#N)CC3)o2)c1. The van der Waals surface area contributed by atoms with E-state index in [0.717, 1.165) is 42.5 Å². The van der Waals surface area contributed by atoms with E-state index in [1.165, 1.54) is 0 Å². The zero-order valence-electron chi connectivity index (χ0n) is 23.1. The molecule has 41 heavy (non-hydrogen) atoms. The maximum absolute atomic E-state index is 13.5. The van der Waals surface area contributed by atoms with Crippen LogP contribution in [-0.4, -0.2) is 56.6 Å². The molecule has 2 atom stereocenters. The first-order valence-corrected chi connectivity index (χ1v) is 16.1. The Morgan fingerprint density at radius 3 is 2.51 bits per heavy atom. The van der Waals surface area contributed by atoms with Gasteiger partial charge < -0.3 is 19.4 Å². The summed E-state index contributed by atoms with van der Waals surface area (Å²) in [6.45, 7) is 0.944. The zero-order valence-corrected chi connectivity index (χ0v) is 24.0. The maximum atomic E-state index is 13.5. The minimum absolute atomic E-state index is 0.0885. The van der Waals surface area contributed by atoms with Gasteiger partial charge in [-0.3, -0.25) is 4.79 Å². The van der Waals surface area contributed by atoms with Crippen LogP contribution in [0.15, 0.2) is 52.9 Å². The van der Waals surface area contributed by atoms with Crippen molar-refractivity contribution in [2.75, 3.05) is 36.6 Å². The smallest absolute Gasteiger partial charge is 0.227 e. The lowest BCUT2D eigenvalue weighted by Gasteiger charge is -2.30. The molecule has 9 nitrogen and oxygen atoms in total. The van der Waals surface area contributed by atoms with Crippen LogP contribution in [0.1, 0.15) is 50.2 Å². The lowest BCUT2D eigenvalue weighted by atomic mass is 9.76. The highest BCUT2D eigenvalue weighted by molar-refractivity contribution is 7.91. The molecular weight excluding hydrogens is 540 g/mol. The molecule has 214 valence electrons. The molecule has 2 aromatic carbocycles. The summed E-state index contributed by atoms with van der Waals surface area (Å²) in [6, 6.07) is 17.8. The van der Waals surface area contributed by atoms with Crippen LogP contribution in [0.2, 0.25) is 0 Å². The molecule has 6 rings (SSSR count). The number of oxazole rings is 1. The van der Waals surface area contributed by atoms with Gasteiger partial charge >= 0.3 is 0 Å². The standard InChI is InChI=1S/C31H34N4O5S/c1-39-24-6-4-5-22(19-24)30-33-27(21-9-11-23(12-10-21)35-15-17-41(37,38)18-16-35)28(40-30)25-7-2-3-8-26(25)29(36)34-31(20-32)13-14-31/h4-6,9-12,19,25-26H,2-3,7-8,13-18H2,1H3,(H,34,36). The summed E-state index contributed by atoms with van der Waals surface area (Å²) in [7, 11) is -1.35. The number of nitriles is 1. The first kappa shape index (κ1) is 27.3. The van der Waals surface area contributed by atoms with Crippen LogP contribution in [0.4, 0.5) is 5.69 Å². The Hall–Kier alpha value is -3.84. The summed E-state index contributed by atoms with van der Waals surface area (Å²) in [6.07, 6.45) is 4.82. The number of nitrogens with one attached hydrogen (secondary N) is 1. The average Bonchev–Trinajstić information content (AvgIpc) is 3.63. The van der Waals surface area contributed by atoms with Crippen LogP contribution in [-0.2, 0) is 14.6 Å². The lowest BCUT2D eigenvalue weighted by Crippen LogP contribution is -2.42. The number of carbonyl (C=O) groups excluding carboxylic acids is 1. The molecule has 0 radical (unpaired) electrons. The predicted octanol–water partition coefficient (Wildman–Crippen LogP) is 4.70. The van der Waals surface area contributed by atoms with E-state index in [1.54, 1.807) is 7.11 Å². The van der Waals surface area contributed by atoms with E-state index in [0.29, 0.717) is 49.0 Å². The predicted molar refractivity (Wildman–Crippen MR) is 155 cm³/mol. The largest absolute Gasteiger partial charge is 0.497 e. The van der Waals surface area contributed by atoms with E-state index < -0.39 is 15.4 Å². The van der Waals surface area contributed by atoms with Crippen molar-refractivity contribution in [1.29, 1.82) is 5.26 Å². The topological polar surface area (TPSA) is 126 Å². The van der Waals surface area contributed by atoms with Gasteiger partial charge in [0.05, 0.1) is 24.7 Å². The van der Waals surface area contributed by atoms with Crippen LogP contribution < -0.4 is 15.0 Å². The summed E-state index contributed by atoms with van der Waals surface area (Å²) in [5, 5.41) is 12.6. The lowest BCUT2D eigenvalue weighted by molar-refractivity contribution is -0.127. The van der Waals surface area contributed by atoms with Gasteiger partial charge in [-0.1, -0.05) is 31.0 Å². The average molecular weight is 575 g/mol. The van der Waals surface area contributed by atoms with Crippen LogP contribution >= 0.6 is 0 Å². The molecule has 1 N–H and O–H groups in total. The third kappa shape index (κ3) is 5.68. The van der Waals surface area contributed by atoms with E-state index in [1.807, 2.05) is 48.5 Å². The number of methoxy groups -OCH3 is 1. The Balaban J connectivity index is 1.36. The van der Waals surface area contributed by atoms with Gasteiger partial charge in [0.1, 0.15) is 22.7 Å². The van der Waals surface area contributed by atoms with Crippen molar-refractivity contribution in [3.63, 3.8) is 0 Å². The number of hydrogen-bond donors (Lipinski definition) is 1. The number of benzene rings is 2. The molecule has 0 spiro atoms. The van der Waals surface area contributed by atoms with E-state index in [2.05, 4.69) is 16.3 Å². The molecular formula is C31H34N4O5S. The van der Waals surface area contributed by atoms with Gasteiger partial charge in [0.25, 0.3) is 0 Å². The fourth-order valence-corrected chi connectivity index (χ4v) is 7.15. The molecule has 3 aliphatic rings. The molecule has 3 aromatic rings. The van der Waals surface area contributed by atoms with Crippen molar-refractivity contribution in [3.8, 4) is 34.5 Å². The Morgan fingerprint density at radius 1 is 1.10 bits per heavy atom. The number of nitrogens with zero attached hydrogens (tertiary/aromatic N) is 3. The Labute approximate surface area is 240 Å². The molecule has 2 unspecified atom stereocenters. The highest BCUT2D eigenvalue weighted by Crippen LogP contribution is 2.45. The van der Waals surface area contributed by atoms with E-state index in [4.69, 9.17) is 14.1 Å². The second-order valence-electron chi connectivity index (χ2n) is 11.3. The third-order valence-corrected chi connectivity index (χ3v) is 10.2. The normalized spacial score (nSPS) is 22.9. The second kappa shape index (κ2) is 10.9. The van der Waals surface area contributed by atoms with Gasteiger partial charge in [-0.25, -0.2) is 13.4 Å². The monoisotopic (exact) mass is 574 g/mol. The van der Waals surface area contributed by atoms with Gasteiger partial charge in [-0.2, -0.15) is 5.26 Å². The quantitative estimate of drug-likeness (QED) is 0.431. The van der Waals surface area contributed by atoms with Crippen LogP contribution in [0.5, 0.6) is 5.75 Å². The number of hydrogen-bond acceptors (Lipinski definition) is 8. The van der Waals surface area contributed by atoms with Gasteiger partial charge in [0.2, 0.25) is 11.8 Å². The zero-order chi connectivity index (χ0) is 28.6. The molecule has 1 saturated heterocycles. The number of rotatable bonds is 7. The first-order chi connectivity index (χ1) is 19.8. The van der Waals surface area contributed by atoms with Gasteiger partial charge in [-0.05, 0) is 56.0 Å². The molecule has 1 amide bonds. The van der Waals surface area contributed by atoms with Gasteiger partial charge in [0, 0.05) is 41.7 Å². The number of sulfone groups is 1. The van der Waals surface area contributed by atoms with Crippen molar-refractivity contribution >= 4 is 21.4 Å². The third-order valence-electron chi connectivity index (χ3n) is 8.59. The molecule has 2 heterocycles. The van der Waals surface area contributed by atoms with Gasteiger partial charge in [0.15, 0.2) is 9.84 Å². The minimum Gasteiger partial charge on any atom is -0.497 e. The van der Waals surface area contributed by atoms with Crippen LogP contribution in [0, 0.1) is 17.2 Å². The molecule has 1 aromatic heterocycles. The number of ether oxygens (including phenoxy) is 1. The van der Waals surface area contributed by atoms with E-state index >= 15 is 0 Å². The number of amides is 1. The summed E-state index contributed by atoms with van der Waals surface area (Å²) in [5.74, 6) is 1.57. The van der Waals surface area contributed by atoms with Gasteiger partial charge in [-0.15, -0.1) is 0 Å². The van der Waals surface area contributed by atoms with Crippen molar-refractivity contribution in [1.82, 2.24) is 10.3 Å².